The first-order chi connectivity index (χ1) is 10.1. The lowest BCUT2D eigenvalue weighted by Crippen LogP contribution is -1.94. The molecule has 104 valence electrons. The van der Waals surface area contributed by atoms with Gasteiger partial charge in [0.15, 0.2) is 0 Å². The van der Waals surface area contributed by atoms with Gasteiger partial charge in [-0.25, -0.2) is 9.97 Å². The van der Waals surface area contributed by atoms with E-state index in [1.807, 2.05) is 61.5 Å². The lowest BCUT2D eigenvalue weighted by molar-refractivity contribution is 1.06. The van der Waals surface area contributed by atoms with Crippen molar-refractivity contribution in [3.05, 3.63) is 70.5 Å². The molecule has 0 unspecified atom stereocenters. The van der Waals surface area contributed by atoms with Crippen molar-refractivity contribution in [2.24, 2.45) is 0 Å². The fourth-order valence-corrected chi connectivity index (χ4v) is 2.45. The molecule has 0 saturated heterocycles. The van der Waals surface area contributed by atoms with Crippen molar-refractivity contribution in [3.8, 4) is 22.5 Å². The van der Waals surface area contributed by atoms with Crippen molar-refractivity contribution in [1.29, 1.82) is 0 Å². The minimum Gasteiger partial charge on any atom is -0.233 e. The second kappa shape index (κ2) is 5.84. The normalized spacial score (nSPS) is 10.6. The third-order valence-corrected chi connectivity index (χ3v) is 3.59. The summed E-state index contributed by atoms with van der Waals surface area (Å²) < 4.78 is 0. The zero-order valence-electron chi connectivity index (χ0n) is 11.3. The van der Waals surface area contributed by atoms with Gasteiger partial charge in [-0.15, -0.1) is 0 Å². The SMILES string of the molecule is Cc1nc(-c2ccc(Cl)cc2)cc(-c2cccc(Cl)c2)n1. The van der Waals surface area contributed by atoms with Gasteiger partial charge in [0.05, 0.1) is 11.4 Å². The van der Waals surface area contributed by atoms with Crippen LogP contribution in [0.25, 0.3) is 22.5 Å². The summed E-state index contributed by atoms with van der Waals surface area (Å²) in [5.74, 6) is 0.720. The Morgan fingerprint density at radius 1 is 0.714 bits per heavy atom. The molecule has 21 heavy (non-hydrogen) atoms. The molecule has 0 N–H and O–H groups in total. The maximum atomic E-state index is 6.05. The molecule has 3 rings (SSSR count). The van der Waals surface area contributed by atoms with Crippen LogP contribution in [0.2, 0.25) is 10.0 Å². The molecule has 1 heterocycles. The van der Waals surface area contributed by atoms with E-state index in [1.54, 1.807) is 0 Å². The minimum absolute atomic E-state index is 0.691. The van der Waals surface area contributed by atoms with E-state index in [1.165, 1.54) is 0 Å². The molecule has 0 saturated carbocycles. The van der Waals surface area contributed by atoms with Crippen LogP contribution in [0, 0.1) is 6.92 Å². The number of benzene rings is 2. The van der Waals surface area contributed by atoms with Crippen LogP contribution < -0.4 is 0 Å². The summed E-state index contributed by atoms with van der Waals surface area (Å²) in [5.41, 5.74) is 3.71. The fourth-order valence-electron chi connectivity index (χ4n) is 2.13. The Balaban J connectivity index is 2.10. The third-order valence-electron chi connectivity index (χ3n) is 3.10. The molecular weight excluding hydrogens is 303 g/mol. The molecule has 3 aromatic rings. The van der Waals surface area contributed by atoms with E-state index in [2.05, 4.69) is 9.97 Å². The van der Waals surface area contributed by atoms with Crippen molar-refractivity contribution in [2.75, 3.05) is 0 Å². The van der Waals surface area contributed by atoms with Crippen LogP contribution in [0.1, 0.15) is 5.82 Å². The molecule has 0 radical (unpaired) electrons. The van der Waals surface area contributed by atoms with Crippen LogP contribution in [-0.2, 0) is 0 Å². The number of nitrogens with zero attached hydrogens (tertiary/aromatic N) is 2. The van der Waals surface area contributed by atoms with Crippen molar-refractivity contribution in [3.63, 3.8) is 0 Å². The summed E-state index contributed by atoms with van der Waals surface area (Å²) in [4.78, 5) is 8.99. The lowest BCUT2D eigenvalue weighted by Gasteiger charge is -2.07. The molecule has 0 amide bonds. The Morgan fingerprint density at radius 2 is 1.38 bits per heavy atom. The number of aryl methyl sites for hydroxylation is 1. The van der Waals surface area contributed by atoms with Gasteiger partial charge >= 0.3 is 0 Å². The summed E-state index contributed by atoms with van der Waals surface area (Å²) >= 11 is 12.0. The zero-order valence-corrected chi connectivity index (χ0v) is 12.9. The highest BCUT2D eigenvalue weighted by molar-refractivity contribution is 6.31. The summed E-state index contributed by atoms with van der Waals surface area (Å²) in [6.45, 7) is 1.88. The Hall–Kier alpha value is -1.90. The van der Waals surface area contributed by atoms with Crippen molar-refractivity contribution in [1.82, 2.24) is 9.97 Å². The molecule has 0 atom stereocenters. The van der Waals surface area contributed by atoms with Crippen LogP contribution >= 0.6 is 23.2 Å². The minimum atomic E-state index is 0.691. The maximum Gasteiger partial charge on any atom is 0.126 e. The van der Waals surface area contributed by atoms with E-state index in [-0.39, 0.29) is 0 Å². The summed E-state index contributed by atoms with van der Waals surface area (Å²) in [5, 5.41) is 1.40. The topological polar surface area (TPSA) is 25.8 Å². The number of rotatable bonds is 2. The zero-order chi connectivity index (χ0) is 14.8. The molecule has 0 spiro atoms. The van der Waals surface area contributed by atoms with E-state index in [0.29, 0.717) is 10.0 Å². The molecule has 0 bridgehead atoms. The predicted molar refractivity (Wildman–Crippen MR) is 87.7 cm³/mol. The smallest absolute Gasteiger partial charge is 0.126 e. The Kier molecular flexibility index (Phi) is 3.91. The van der Waals surface area contributed by atoms with Gasteiger partial charge in [-0.3, -0.25) is 0 Å². The van der Waals surface area contributed by atoms with Gasteiger partial charge in [-0.05, 0) is 37.3 Å². The summed E-state index contributed by atoms with van der Waals surface area (Å²) in [6, 6.07) is 17.2. The Bertz CT molecular complexity index is 783. The average molecular weight is 315 g/mol. The molecule has 2 nitrogen and oxygen atoms in total. The van der Waals surface area contributed by atoms with Crippen LogP contribution in [-0.4, -0.2) is 9.97 Å². The highest BCUT2D eigenvalue weighted by Gasteiger charge is 2.07. The van der Waals surface area contributed by atoms with E-state index < -0.39 is 0 Å². The fraction of sp³-hybridized carbons (Fsp3) is 0.0588. The maximum absolute atomic E-state index is 6.05. The Labute approximate surface area is 133 Å². The van der Waals surface area contributed by atoms with Gasteiger partial charge in [0.1, 0.15) is 5.82 Å². The first-order valence-electron chi connectivity index (χ1n) is 6.49. The molecular formula is C17H12Cl2N2. The van der Waals surface area contributed by atoms with Crippen molar-refractivity contribution >= 4 is 23.2 Å². The largest absolute Gasteiger partial charge is 0.233 e. The van der Waals surface area contributed by atoms with E-state index >= 15 is 0 Å². The number of aromatic nitrogens is 2. The molecule has 4 heteroatoms. The van der Waals surface area contributed by atoms with Gasteiger partial charge in [0.25, 0.3) is 0 Å². The molecule has 0 aliphatic rings. The van der Waals surface area contributed by atoms with Gasteiger partial charge in [0.2, 0.25) is 0 Å². The monoisotopic (exact) mass is 314 g/mol. The predicted octanol–water partition coefficient (Wildman–Crippen LogP) is 5.43. The molecule has 1 aromatic heterocycles. The number of hydrogen-bond donors (Lipinski definition) is 0. The highest BCUT2D eigenvalue weighted by atomic mass is 35.5. The second-order valence-electron chi connectivity index (χ2n) is 4.70. The van der Waals surface area contributed by atoms with E-state index in [0.717, 1.165) is 28.3 Å². The van der Waals surface area contributed by atoms with E-state index in [4.69, 9.17) is 23.2 Å². The third kappa shape index (κ3) is 3.23. The molecule has 2 aromatic carbocycles. The molecule has 0 aliphatic carbocycles. The highest BCUT2D eigenvalue weighted by Crippen LogP contribution is 2.26. The summed E-state index contributed by atoms with van der Waals surface area (Å²) in [6.07, 6.45) is 0. The van der Waals surface area contributed by atoms with Crippen LogP contribution in [0.4, 0.5) is 0 Å². The number of hydrogen-bond acceptors (Lipinski definition) is 2. The quantitative estimate of drug-likeness (QED) is 0.630. The van der Waals surface area contributed by atoms with Gasteiger partial charge in [-0.2, -0.15) is 0 Å². The molecule has 0 fully saturated rings. The second-order valence-corrected chi connectivity index (χ2v) is 5.58. The van der Waals surface area contributed by atoms with Gasteiger partial charge in [-0.1, -0.05) is 47.5 Å². The van der Waals surface area contributed by atoms with Crippen LogP contribution in [0.15, 0.2) is 54.6 Å². The summed E-state index contributed by atoms with van der Waals surface area (Å²) in [7, 11) is 0. The first kappa shape index (κ1) is 14.1. The van der Waals surface area contributed by atoms with Crippen LogP contribution in [0.3, 0.4) is 0 Å². The van der Waals surface area contributed by atoms with Crippen LogP contribution in [0.5, 0.6) is 0 Å². The first-order valence-corrected chi connectivity index (χ1v) is 7.25. The van der Waals surface area contributed by atoms with E-state index in [9.17, 15) is 0 Å². The average Bonchev–Trinajstić information content (AvgIpc) is 2.47. The Morgan fingerprint density at radius 3 is 2.05 bits per heavy atom. The standard InChI is InChI=1S/C17H12Cl2N2/c1-11-20-16(12-5-7-14(18)8-6-12)10-17(21-11)13-3-2-4-15(19)9-13/h2-10H,1H3. The molecule has 0 aliphatic heterocycles. The lowest BCUT2D eigenvalue weighted by atomic mass is 10.1. The number of halogens is 2. The van der Waals surface area contributed by atoms with Crippen molar-refractivity contribution in [2.45, 2.75) is 6.92 Å². The van der Waals surface area contributed by atoms with Gasteiger partial charge < -0.3 is 0 Å². The van der Waals surface area contributed by atoms with Crippen molar-refractivity contribution < 1.29 is 0 Å². The van der Waals surface area contributed by atoms with Gasteiger partial charge in [0, 0.05) is 21.2 Å².